The van der Waals surface area contributed by atoms with Gasteiger partial charge in [0.1, 0.15) is 5.82 Å². The maximum absolute atomic E-state index is 13.2. The van der Waals surface area contributed by atoms with E-state index in [9.17, 15) is 9.50 Å². The zero-order valence-electron chi connectivity index (χ0n) is 17.9. The second-order valence-corrected chi connectivity index (χ2v) is 7.53. The Balaban J connectivity index is 1.69. The van der Waals surface area contributed by atoms with Crippen molar-refractivity contribution in [2.75, 3.05) is 47.6 Å². The number of methoxy groups -OCH3 is 3. The van der Waals surface area contributed by atoms with Crippen molar-refractivity contribution in [1.82, 2.24) is 9.80 Å². The average molecular weight is 419 g/mol. The minimum absolute atomic E-state index is 0.141. The zero-order valence-corrected chi connectivity index (χ0v) is 17.9. The van der Waals surface area contributed by atoms with Gasteiger partial charge in [-0.3, -0.25) is 9.80 Å². The Morgan fingerprint density at radius 3 is 2.17 bits per heavy atom. The molecule has 0 radical (unpaired) electrons. The fourth-order valence-corrected chi connectivity index (χ4v) is 4.04. The Kier molecular flexibility index (Phi) is 7.90. The second-order valence-electron chi connectivity index (χ2n) is 7.53. The molecule has 1 aliphatic rings. The lowest BCUT2D eigenvalue weighted by molar-refractivity contribution is 0.0499. The predicted molar refractivity (Wildman–Crippen MR) is 114 cm³/mol. The molecular formula is C23H31FN2O4. The summed E-state index contributed by atoms with van der Waals surface area (Å²) >= 11 is 0. The summed E-state index contributed by atoms with van der Waals surface area (Å²) in [6.07, 6.45) is 0.701. The van der Waals surface area contributed by atoms with Crippen molar-refractivity contribution in [2.45, 2.75) is 25.6 Å². The summed E-state index contributed by atoms with van der Waals surface area (Å²) in [5, 5.41) is 9.57. The van der Waals surface area contributed by atoms with Gasteiger partial charge in [-0.15, -0.1) is 0 Å². The van der Waals surface area contributed by atoms with E-state index < -0.39 is 0 Å². The van der Waals surface area contributed by atoms with Gasteiger partial charge in [-0.05, 0) is 41.8 Å². The molecule has 7 heteroatoms. The van der Waals surface area contributed by atoms with E-state index in [1.54, 1.807) is 21.3 Å². The molecule has 1 aliphatic heterocycles. The monoisotopic (exact) mass is 418 g/mol. The van der Waals surface area contributed by atoms with Gasteiger partial charge in [0.2, 0.25) is 5.75 Å². The van der Waals surface area contributed by atoms with Crippen LogP contribution in [0.25, 0.3) is 0 Å². The van der Waals surface area contributed by atoms with Crippen LogP contribution in [0.1, 0.15) is 17.5 Å². The van der Waals surface area contributed by atoms with Crippen LogP contribution in [0, 0.1) is 5.82 Å². The van der Waals surface area contributed by atoms with E-state index in [4.69, 9.17) is 14.2 Å². The molecule has 1 atom stereocenters. The molecule has 1 N–H and O–H groups in total. The van der Waals surface area contributed by atoms with Crippen LogP contribution in [0.5, 0.6) is 17.2 Å². The third kappa shape index (κ3) is 5.41. The van der Waals surface area contributed by atoms with E-state index in [1.165, 1.54) is 12.1 Å². The number of hydrogen-bond donors (Lipinski definition) is 1. The van der Waals surface area contributed by atoms with Crippen LogP contribution in [0.3, 0.4) is 0 Å². The highest BCUT2D eigenvalue weighted by Crippen LogP contribution is 2.38. The molecule has 0 aromatic heterocycles. The molecule has 2 aromatic rings. The minimum atomic E-state index is -0.221. The van der Waals surface area contributed by atoms with E-state index >= 15 is 0 Å². The van der Waals surface area contributed by atoms with Crippen LogP contribution in [0.15, 0.2) is 36.4 Å². The quantitative estimate of drug-likeness (QED) is 0.676. The number of aliphatic hydroxyl groups excluding tert-OH is 1. The molecule has 164 valence electrons. The van der Waals surface area contributed by atoms with Gasteiger partial charge in [-0.1, -0.05) is 12.1 Å². The van der Waals surface area contributed by atoms with Crippen LogP contribution >= 0.6 is 0 Å². The molecule has 0 bridgehead atoms. The van der Waals surface area contributed by atoms with Gasteiger partial charge in [-0.2, -0.15) is 0 Å². The molecule has 30 heavy (non-hydrogen) atoms. The molecule has 0 saturated carbocycles. The summed E-state index contributed by atoms with van der Waals surface area (Å²) in [6, 6.07) is 10.8. The topological polar surface area (TPSA) is 54.4 Å². The van der Waals surface area contributed by atoms with Crippen LogP contribution < -0.4 is 14.2 Å². The van der Waals surface area contributed by atoms with Gasteiger partial charge in [0.05, 0.1) is 21.3 Å². The first-order chi connectivity index (χ1) is 14.6. The van der Waals surface area contributed by atoms with Gasteiger partial charge >= 0.3 is 0 Å². The van der Waals surface area contributed by atoms with Gasteiger partial charge in [0, 0.05) is 45.4 Å². The van der Waals surface area contributed by atoms with E-state index in [-0.39, 0.29) is 18.5 Å². The molecule has 3 rings (SSSR count). The first-order valence-corrected chi connectivity index (χ1v) is 10.2. The zero-order chi connectivity index (χ0) is 21.5. The number of piperazine rings is 1. The van der Waals surface area contributed by atoms with Crippen molar-refractivity contribution in [3.8, 4) is 17.2 Å². The highest BCUT2D eigenvalue weighted by Gasteiger charge is 2.27. The van der Waals surface area contributed by atoms with E-state index in [0.717, 1.165) is 43.9 Å². The van der Waals surface area contributed by atoms with Gasteiger partial charge in [0.15, 0.2) is 11.5 Å². The summed E-state index contributed by atoms with van der Waals surface area (Å²) in [5.74, 6) is 1.66. The number of rotatable bonds is 9. The van der Waals surface area contributed by atoms with Crippen LogP contribution in [0.2, 0.25) is 0 Å². The first-order valence-electron chi connectivity index (χ1n) is 10.2. The third-order valence-corrected chi connectivity index (χ3v) is 5.58. The highest BCUT2D eigenvalue weighted by atomic mass is 19.1. The van der Waals surface area contributed by atoms with Gasteiger partial charge in [0.25, 0.3) is 0 Å². The highest BCUT2D eigenvalue weighted by molar-refractivity contribution is 5.53. The molecule has 0 spiro atoms. The SMILES string of the molecule is COc1cc(CN2CCN(Cc3ccc(F)cc3)[C@H](CCO)C2)cc(OC)c1OC. The Morgan fingerprint density at radius 2 is 1.60 bits per heavy atom. The molecule has 1 saturated heterocycles. The molecule has 0 aliphatic carbocycles. The Bertz CT molecular complexity index is 790. The maximum Gasteiger partial charge on any atom is 0.203 e. The predicted octanol–water partition coefficient (Wildman–Crippen LogP) is 2.92. The molecule has 1 heterocycles. The first kappa shape index (κ1) is 22.3. The molecule has 6 nitrogen and oxygen atoms in total. The van der Waals surface area contributed by atoms with Gasteiger partial charge < -0.3 is 19.3 Å². The fraction of sp³-hybridized carbons (Fsp3) is 0.478. The van der Waals surface area contributed by atoms with Crippen LogP contribution in [-0.2, 0) is 13.1 Å². The number of benzene rings is 2. The second kappa shape index (κ2) is 10.6. The standard InChI is InChI=1S/C23H31FN2O4/c1-28-21-12-18(13-22(29-2)23(21)30-3)14-25-9-10-26(20(16-25)8-11-27)15-17-4-6-19(24)7-5-17/h4-7,12-13,20,27H,8-11,14-16H2,1-3H3/t20-/m1/s1. The Labute approximate surface area is 177 Å². The molecule has 1 fully saturated rings. The largest absolute Gasteiger partial charge is 0.493 e. The summed E-state index contributed by atoms with van der Waals surface area (Å²) < 4.78 is 29.5. The summed E-state index contributed by atoms with van der Waals surface area (Å²) in [5.41, 5.74) is 2.16. The van der Waals surface area contributed by atoms with Crippen molar-refractivity contribution in [3.05, 3.63) is 53.3 Å². The van der Waals surface area contributed by atoms with E-state index in [2.05, 4.69) is 9.80 Å². The fourth-order valence-electron chi connectivity index (χ4n) is 4.04. The lowest BCUT2D eigenvalue weighted by Crippen LogP contribution is -2.52. The molecule has 0 unspecified atom stereocenters. The van der Waals surface area contributed by atoms with Crippen LogP contribution in [-0.4, -0.2) is 68.5 Å². The number of halogens is 1. The summed E-state index contributed by atoms with van der Waals surface area (Å²) in [7, 11) is 4.83. The van der Waals surface area contributed by atoms with Crippen molar-refractivity contribution >= 4 is 0 Å². The number of nitrogens with zero attached hydrogens (tertiary/aromatic N) is 2. The summed E-state index contributed by atoms with van der Waals surface area (Å²) in [4.78, 5) is 4.75. The number of ether oxygens (including phenoxy) is 3. The van der Waals surface area contributed by atoms with E-state index in [1.807, 2.05) is 24.3 Å². The maximum atomic E-state index is 13.2. The normalized spacial score (nSPS) is 17.7. The van der Waals surface area contributed by atoms with Crippen molar-refractivity contribution < 1.29 is 23.7 Å². The Hall–Kier alpha value is -2.35. The number of hydrogen-bond acceptors (Lipinski definition) is 6. The smallest absolute Gasteiger partial charge is 0.203 e. The van der Waals surface area contributed by atoms with E-state index in [0.29, 0.717) is 23.7 Å². The van der Waals surface area contributed by atoms with Crippen molar-refractivity contribution in [2.24, 2.45) is 0 Å². The molecular weight excluding hydrogens is 387 g/mol. The Morgan fingerprint density at radius 1 is 0.933 bits per heavy atom. The lowest BCUT2D eigenvalue weighted by atomic mass is 10.1. The summed E-state index contributed by atoms with van der Waals surface area (Å²) in [6.45, 7) is 4.28. The van der Waals surface area contributed by atoms with Crippen LogP contribution in [0.4, 0.5) is 4.39 Å². The van der Waals surface area contributed by atoms with Crippen molar-refractivity contribution in [1.29, 1.82) is 0 Å². The average Bonchev–Trinajstić information content (AvgIpc) is 2.76. The van der Waals surface area contributed by atoms with Crippen molar-refractivity contribution in [3.63, 3.8) is 0 Å². The number of aliphatic hydroxyl groups is 1. The molecule has 0 amide bonds. The van der Waals surface area contributed by atoms with Gasteiger partial charge in [-0.25, -0.2) is 4.39 Å². The minimum Gasteiger partial charge on any atom is -0.493 e. The lowest BCUT2D eigenvalue weighted by Gasteiger charge is -2.41. The third-order valence-electron chi connectivity index (χ3n) is 5.58. The molecule has 2 aromatic carbocycles.